The zero-order valence-electron chi connectivity index (χ0n) is 19.6. The van der Waals surface area contributed by atoms with Gasteiger partial charge in [-0.1, -0.05) is 18.2 Å². The summed E-state index contributed by atoms with van der Waals surface area (Å²) in [6.45, 7) is 4.27. The van der Waals surface area contributed by atoms with Crippen molar-refractivity contribution in [2.24, 2.45) is 0 Å². The van der Waals surface area contributed by atoms with E-state index in [1.807, 2.05) is 0 Å². The molecule has 11 heteroatoms. The highest BCUT2D eigenvalue weighted by molar-refractivity contribution is 5.79. The molecular formula is C25H25N7O4. The standard InChI is InChI=1S/C25H25N7O4/c33-23-21-8-1-2-9-22(21)31(19-6-3-7-20(18-19)32(35)36)25(34)30(23)13-5-12-28-14-16-29(17-15-28)24-26-10-4-11-27-24/h1-4,6-11,18H,5,12-17H2. The lowest BCUT2D eigenvalue weighted by molar-refractivity contribution is -0.384. The second-order valence-electron chi connectivity index (χ2n) is 8.60. The van der Waals surface area contributed by atoms with Gasteiger partial charge in [-0.25, -0.2) is 14.8 Å². The minimum atomic E-state index is -0.509. The van der Waals surface area contributed by atoms with E-state index in [4.69, 9.17) is 0 Å². The molecule has 11 nitrogen and oxygen atoms in total. The molecule has 0 N–H and O–H groups in total. The van der Waals surface area contributed by atoms with Gasteiger partial charge in [0.2, 0.25) is 5.95 Å². The number of piperazine rings is 1. The van der Waals surface area contributed by atoms with E-state index >= 15 is 0 Å². The number of nitrogens with zero attached hydrogens (tertiary/aromatic N) is 7. The van der Waals surface area contributed by atoms with Gasteiger partial charge in [0.25, 0.3) is 11.2 Å². The lowest BCUT2D eigenvalue weighted by Crippen LogP contribution is -2.47. The molecule has 0 saturated carbocycles. The number of rotatable bonds is 7. The van der Waals surface area contributed by atoms with Gasteiger partial charge in [-0.3, -0.25) is 28.9 Å². The van der Waals surface area contributed by atoms with Crippen LogP contribution in [0.4, 0.5) is 11.6 Å². The van der Waals surface area contributed by atoms with E-state index < -0.39 is 10.6 Å². The average Bonchev–Trinajstić information content (AvgIpc) is 2.92. The normalized spacial score (nSPS) is 14.3. The highest BCUT2D eigenvalue weighted by atomic mass is 16.6. The molecule has 0 radical (unpaired) electrons. The molecule has 0 atom stereocenters. The topological polar surface area (TPSA) is 119 Å². The second kappa shape index (κ2) is 10.1. The lowest BCUT2D eigenvalue weighted by atomic mass is 10.2. The molecule has 36 heavy (non-hydrogen) atoms. The number of aromatic nitrogens is 4. The maximum Gasteiger partial charge on any atom is 0.336 e. The van der Waals surface area contributed by atoms with Crippen molar-refractivity contribution in [3.8, 4) is 5.69 Å². The molecule has 0 amide bonds. The Bertz CT molecular complexity index is 1510. The summed E-state index contributed by atoms with van der Waals surface area (Å²) < 4.78 is 2.61. The van der Waals surface area contributed by atoms with Gasteiger partial charge in [0.05, 0.1) is 21.5 Å². The van der Waals surface area contributed by atoms with Crippen LogP contribution in [0.1, 0.15) is 6.42 Å². The number of para-hydroxylation sites is 1. The van der Waals surface area contributed by atoms with E-state index in [1.54, 1.807) is 48.8 Å². The fourth-order valence-electron chi connectivity index (χ4n) is 4.58. The molecule has 1 aliphatic rings. The van der Waals surface area contributed by atoms with Crippen molar-refractivity contribution in [2.75, 3.05) is 37.6 Å². The van der Waals surface area contributed by atoms with Gasteiger partial charge in [0.15, 0.2) is 0 Å². The Morgan fingerprint density at radius 2 is 1.64 bits per heavy atom. The highest BCUT2D eigenvalue weighted by Gasteiger charge is 2.20. The smallest absolute Gasteiger partial charge is 0.336 e. The molecule has 2 aromatic carbocycles. The van der Waals surface area contributed by atoms with Crippen LogP contribution in [0, 0.1) is 10.1 Å². The molecule has 1 saturated heterocycles. The number of nitro groups is 1. The molecule has 0 spiro atoms. The molecule has 0 unspecified atom stereocenters. The van der Waals surface area contributed by atoms with Crippen molar-refractivity contribution >= 4 is 22.5 Å². The zero-order chi connectivity index (χ0) is 25.1. The Labute approximate surface area is 206 Å². The maximum absolute atomic E-state index is 13.5. The molecule has 1 fully saturated rings. The van der Waals surface area contributed by atoms with E-state index in [-0.39, 0.29) is 17.8 Å². The van der Waals surface area contributed by atoms with Gasteiger partial charge in [-0.05, 0) is 37.2 Å². The van der Waals surface area contributed by atoms with Gasteiger partial charge in [-0.15, -0.1) is 0 Å². The summed E-state index contributed by atoms with van der Waals surface area (Å²) >= 11 is 0. The Morgan fingerprint density at radius 1 is 0.889 bits per heavy atom. The van der Waals surface area contributed by atoms with Crippen molar-refractivity contribution in [1.29, 1.82) is 0 Å². The number of hydrogen-bond donors (Lipinski definition) is 0. The Kier molecular flexibility index (Phi) is 6.54. The van der Waals surface area contributed by atoms with Crippen molar-refractivity contribution in [2.45, 2.75) is 13.0 Å². The van der Waals surface area contributed by atoms with E-state index in [0.717, 1.165) is 38.7 Å². The summed E-state index contributed by atoms with van der Waals surface area (Å²) in [7, 11) is 0. The van der Waals surface area contributed by atoms with Gasteiger partial charge in [0, 0.05) is 57.3 Å². The van der Waals surface area contributed by atoms with Crippen LogP contribution in [0.3, 0.4) is 0 Å². The summed E-state index contributed by atoms with van der Waals surface area (Å²) in [5.74, 6) is 0.724. The Balaban J connectivity index is 1.36. The SMILES string of the molecule is O=c1c2ccccc2n(-c2cccc([N+](=O)[O-])c2)c(=O)n1CCCN1CCN(c2ncccn2)CC1. The van der Waals surface area contributed by atoms with Crippen LogP contribution in [0.25, 0.3) is 16.6 Å². The van der Waals surface area contributed by atoms with Crippen LogP contribution >= 0.6 is 0 Å². The molecule has 5 rings (SSSR count). The lowest BCUT2D eigenvalue weighted by Gasteiger charge is -2.34. The summed E-state index contributed by atoms with van der Waals surface area (Å²) in [5.41, 5.74) is -0.225. The molecular weight excluding hydrogens is 462 g/mol. The molecule has 3 heterocycles. The van der Waals surface area contributed by atoms with E-state index in [0.29, 0.717) is 23.0 Å². The number of hydrogen-bond acceptors (Lipinski definition) is 8. The molecule has 2 aromatic heterocycles. The first-order chi connectivity index (χ1) is 17.5. The third kappa shape index (κ3) is 4.60. The summed E-state index contributed by atoms with van der Waals surface area (Å²) in [5, 5.41) is 11.7. The van der Waals surface area contributed by atoms with Crippen LogP contribution < -0.4 is 16.1 Å². The third-order valence-corrected chi connectivity index (χ3v) is 6.40. The third-order valence-electron chi connectivity index (χ3n) is 6.40. The fraction of sp³-hybridized carbons (Fsp3) is 0.280. The minimum absolute atomic E-state index is 0.124. The molecule has 0 aliphatic carbocycles. The van der Waals surface area contributed by atoms with Gasteiger partial charge in [0.1, 0.15) is 0 Å². The summed E-state index contributed by atoms with van der Waals surface area (Å²) in [4.78, 5) is 50.5. The number of fused-ring (bicyclic) bond motifs is 1. The average molecular weight is 488 g/mol. The molecule has 184 valence electrons. The van der Waals surface area contributed by atoms with Crippen LogP contribution in [0.2, 0.25) is 0 Å². The number of anilines is 1. The number of benzene rings is 2. The largest absolute Gasteiger partial charge is 0.338 e. The predicted octanol–water partition coefficient (Wildman–Crippen LogP) is 2.06. The van der Waals surface area contributed by atoms with Crippen LogP contribution in [0.5, 0.6) is 0 Å². The molecule has 0 bridgehead atoms. The van der Waals surface area contributed by atoms with Gasteiger partial charge in [-0.2, -0.15) is 0 Å². The van der Waals surface area contributed by atoms with Crippen molar-refractivity contribution in [3.05, 3.63) is 97.9 Å². The first-order valence-corrected chi connectivity index (χ1v) is 11.8. The Hall–Kier alpha value is -4.38. The van der Waals surface area contributed by atoms with E-state index in [2.05, 4.69) is 19.8 Å². The van der Waals surface area contributed by atoms with Crippen molar-refractivity contribution in [3.63, 3.8) is 0 Å². The second-order valence-corrected chi connectivity index (χ2v) is 8.60. The summed E-state index contributed by atoms with van der Waals surface area (Å²) in [6.07, 6.45) is 4.08. The maximum atomic E-state index is 13.5. The molecule has 1 aliphatic heterocycles. The van der Waals surface area contributed by atoms with Crippen molar-refractivity contribution in [1.82, 2.24) is 24.0 Å². The minimum Gasteiger partial charge on any atom is -0.338 e. The summed E-state index contributed by atoms with van der Waals surface area (Å²) in [6, 6.07) is 14.5. The highest BCUT2D eigenvalue weighted by Crippen LogP contribution is 2.19. The molecule has 4 aromatic rings. The predicted molar refractivity (Wildman–Crippen MR) is 136 cm³/mol. The van der Waals surface area contributed by atoms with Crippen molar-refractivity contribution < 1.29 is 4.92 Å². The first kappa shape index (κ1) is 23.4. The van der Waals surface area contributed by atoms with E-state index in [1.165, 1.54) is 27.3 Å². The van der Waals surface area contributed by atoms with Crippen LogP contribution in [-0.2, 0) is 6.54 Å². The zero-order valence-corrected chi connectivity index (χ0v) is 19.6. The fourth-order valence-corrected chi connectivity index (χ4v) is 4.58. The number of nitro benzene ring substituents is 1. The van der Waals surface area contributed by atoms with Gasteiger partial charge >= 0.3 is 5.69 Å². The first-order valence-electron chi connectivity index (χ1n) is 11.8. The number of non-ortho nitro benzene ring substituents is 1. The van der Waals surface area contributed by atoms with Crippen LogP contribution in [-0.4, -0.2) is 61.6 Å². The quantitative estimate of drug-likeness (QED) is 0.287. The van der Waals surface area contributed by atoms with Gasteiger partial charge < -0.3 is 4.90 Å². The Morgan fingerprint density at radius 3 is 2.39 bits per heavy atom. The van der Waals surface area contributed by atoms with Crippen LogP contribution in [0.15, 0.2) is 76.6 Å². The van der Waals surface area contributed by atoms with E-state index in [9.17, 15) is 19.7 Å². The monoisotopic (exact) mass is 487 g/mol.